The van der Waals surface area contributed by atoms with Gasteiger partial charge in [0.25, 0.3) is 0 Å². The summed E-state index contributed by atoms with van der Waals surface area (Å²) in [5, 5.41) is 9.20. The molecule has 0 radical (unpaired) electrons. The van der Waals surface area contributed by atoms with Gasteiger partial charge in [0.2, 0.25) is 0 Å². The molecule has 17 heavy (non-hydrogen) atoms. The van der Waals surface area contributed by atoms with Crippen LogP contribution in [-0.4, -0.2) is 24.2 Å². The first-order chi connectivity index (χ1) is 8.25. The van der Waals surface area contributed by atoms with Gasteiger partial charge in [-0.15, -0.1) is 0 Å². The van der Waals surface area contributed by atoms with E-state index in [9.17, 15) is 9.90 Å². The van der Waals surface area contributed by atoms with Gasteiger partial charge in [-0.1, -0.05) is 6.07 Å². The van der Waals surface area contributed by atoms with E-state index in [1.165, 1.54) is 12.8 Å². The largest absolute Gasteiger partial charge is 0.478 e. The Bertz CT molecular complexity index is 452. The third-order valence-corrected chi connectivity index (χ3v) is 3.75. The first kappa shape index (κ1) is 10.6. The van der Waals surface area contributed by atoms with E-state index in [4.69, 9.17) is 0 Å². The molecule has 1 aliphatic carbocycles. The van der Waals surface area contributed by atoms with Crippen molar-refractivity contribution in [2.24, 2.45) is 5.92 Å². The van der Waals surface area contributed by atoms with Crippen LogP contribution >= 0.6 is 0 Å². The number of aromatic carboxylic acids is 1. The van der Waals surface area contributed by atoms with Crippen LogP contribution in [0.2, 0.25) is 0 Å². The molecule has 1 saturated carbocycles. The lowest BCUT2D eigenvalue weighted by Gasteiger charge is -2.32. The van der Waals surface area contributed by atoms with Gasteiger partial charge < -0.3 is 10.0 Å². The van der Waals surface area contributed by atoms with Crippen LogP contribution < -0.4 is 4.90 Å². The summed E-state index contributed by atoms with van der Waals surface area (Å²) in [6, 6.07) is 5.67. The molecule has 0 amide bonds. The standard InChI is InChI=1S/C14H17NO2/c16-14(17)12-3-1-5-13-11(12)4-2-8-15(13)9-10-6-7-10/h1,3,5,10H,2,4,6-9H2,(H,16,17). The van der Waals surface area contributed by atoms with Crippen molar-refractivity contribution in [3.8, 4) is 0 Å². The normalized spacial score (nSPS) is 18.9. The molecule has 1 N–H and O–H groups in total. The van der Waals surface area contributed by atoms with Crippen molar-refractivity contribution in [1.82, 2.24) is 0 Å². The Kier molecular flexibility index (Phi) is 2.54. The Balaban J connectivity index is 1.95. The van der Waals surface area contributed by atoms with E-state index >= 15 is 0 Å². The maximum Gasteiger partial charge on any atom is 0.336 e. The molecule has 1 aromatic rings. The van der Waals surface area contributed by atoms with Crippen LogP contribution in [-0.2, 0) is 6.42 Å². The number of carbonyl (C=O) groups is 1. The molecule has 1 aliphatic heterocycles. The van der Waals surface area contributed by atoms with Gasteiger partial charge >= 0.3 is 5.97 Å². The highest BCUT2D eigenvalue weighted by atomic mass is 16.4. The smallest absolute Gasteiger partial charge is 0.336 e. The van der Waals surface area contributed by atoms with Crippen molar-refractivity contribution in [2.75, 3.05) is 18.0 Å². The number of hydrogen-bond donors (Lipinski definition) is 1. The zero-order valence-electron chi connectivity index (χ0n) is 9.85. The molecule has 0 aromatic heterocycles. The summed E-state index contributed by atoms with van der Waals surface area (Å²) in [6.45, 7) is 2.18. The zero-order valence-corrected chi connectivity index (χ0v) is 9.85. The van der Waals surface area contributed by atoms with E-state index in [2.05, 4.69) is 11.0 Å². The second-order valence-electron chi connectivity index (χ2n) is 5.10. The van der Waals surface area contributed by atoms with Crippen LogP contribution in [0.4, 0.5) is 5.69 Å². The van der Waals surface area contributed by atoms with Gasteiger partial charge in [0.1, 0.15) is 0 Å². The molecule has 3 rings (SSSR count). The summed E-state index contributed by atoms with van der Waals surface area (Å²) in [7, 11) is 0. The third-order valence-electron chi connectivity index (χ3n) is 3.75. The second-order valence-corrected chi connectivity index (χ2v) is 5.10. The average Bonchev–Trinajstić information content (AvgIpc) is 3.12. The molecule has 3 heteroatoms. The van der Waals surface area contributed by atoms with Crippen molar-refractivity contribution in [1.29, 1.82) is 0 Å². The topological polar surface area (TPSA) is 40.5 Å². The molecular weight excluding hydrogens is 214 g/mol. The number of carboxylic acids is 1. The molecule has 0 saturated heterocycles. The summed E-state index contributed by atoms with van der Waals surface area (Å²) < 4.78 is 0. The predicted octanol–water partition coefficient (Wildman–Crippen LogP) is 2.55. The van der Waals surface area contributed by atoms with E-state index in [-0.39, 0.29) is 0 Å². The first-order valence-corrected chi connectivity index (χ1v) is 6.36. The van der Waals surface area contributed by atoms with Gasteiger partial charge in [0.05, 0.1) is 5.56 Å². The van der Waals surface area contributed by atoms with Crippen LogP contribution in [0.3, 0.4) is 0 Å². The molecule has 2 aliphatic rings. The van der Waals surface area contributed by atoms with Crippen molar-refractivity contribution in [3.63, 3.8) is 0 Å². The van der Waals surface area contributed by atoms with Crippen LogP contribution in [0, 0.1) is 5.92 Å². The molecule has 3 nitrogen and oxygen atoms in total. The lowest BCUT2D eigenvalue weighted by Crippen LogP contribution is -2.32. The summed E-state index contributed by atoms with van der Waals surface area (Å²) in [5.74, 6) is 0.0459. The van der Waals surface area contributed by atoms with E-state index in [1.807, 2.05) is 6.07 Å². The fourth-order valence-corrected chi connectivity index (χ4v) is 2.70. The lowest BCUT2D eigenvalue weighted by molar-refractivity contribution is 0.0695. The lowest BCUT2D eigenvalue weighted by atomic mass is 9.96. The van der Waals surface area contributed by atoms with Crippen LogP contribution in [0.25, 0.3) is 0 Å². The molecule has 0 spiro atoms. The van der Waals surface area contributed by atoms with E-state index in [0.29, 0.717) is 5.56 Å². The van der Waals surface area contributed by atoms with Crippen LogP contribution in [0.5, 0.6) is 0 Å². The second kappa shape index (κ2) is 4.06. The highest BCUT2D eigenvalue weighted by Crippen LogP contribution is 2.35. The minimum atomic E-state index is -0.796. The maximum absolute atomic E-state index is 11.2. The number of fused-ring (bicyclic) bond motifs is 1. The van der Waals surface area contributed by atoms with Crippen molar-refractivity contribution < 1.29 is 9.90 Å². The first-order valence-electron chi connectivity index (χ1n) is 6.36. The Labute approximate surface area is 101 Å². The minimum Gasteiger partial charge on any atom is -0.478 e. The monoisotopic (exact) mass is 231 g/mol. The maximum atomic E-state index is 11.2. The van der Waals surface area contributed by atoms with Gasteiger partial charge in [0, 0.05) is 18.8 Å². The number of anilines is 1. The SMILES string of the molecule is O=C(O)c1cccc2c1CCCN2CC1CC1. The molecule has 1 fully saturated rings. The number of hydrogen-bond acceptors (Lipinski definition) is 2. The molecule has 1 heterocycles. The third kappa shape index (κ3) is 2.02. The number of carboxylic acid groups (broad SMARTS) is 1. The molecule has 0 atom stereocenters. The molecule has 1 aromatic carbocycles. The summed E-state index contributed by atoms with van der Waals surface area (Å²) in [5.41, 5.74) is 2.68. The Morgan fingerprint density at radius 3 is 2.94 bits per heavy atom. The van der Waals surface area contributed by atoms with Crippen molar-refractivity contribution >= 4 is 11.7 Å². The van der Waals surface area contributed by atoms with Gasteiger partial charge in [-0.25, -0.2) is 4.79 Å². The number of benzene rings is 1. The highest BCUT2D eigenvalue weighted by Gasteiger charge is 2.28. The highest BCUT2D eigenvalue weighted by molar-refractivity contribution is 5.91. The summed E-state index contributed by atoms with van der Waals surface area (Å²) in [6.07, 6.45) is 4.65. The van der Waals surface area contributed by atoms with Crippen LogP contribution in [0.1, 0.15) is 35.2 Å². The van der Waals surface area contributed by atoms with Crippen molar-refractivity contribution in [2.45, 2.75) is 25.7 Å². The molecule has 0 bridgehead atoms. The summed E-state index contributed by atoms with van der Waals surface area (Å²) in [4.78, 5) is 13.6. The fraction of sp³-hybridized carbons (Fsp3) is 0.500. The molecular formula is C14H17NO2. The fourth-order valence-electron chi connectivity index (χ4n) is 2.70. The zero-order chi connectivity index (χ0) is 11.8. The van der Waals surface area contributed by atoms with Gasteiger partial charge in [-0.05, 0) is 49.3 Å². The van der Waals surface area contributed by atoms with Gasteiger partial charge in [-0.2, -0.15) is 0 Å². The number of nitrogens with zero attached hydrogens (tertiary/aromatic N) is 1. The Morgan fingerprint density at radius 1 is 1.41 bits per heavy atom. The number of rotatable bonds is 3. The molecule has 0 unspecified atom stereocenters. The Hall–Kier alpha value is -1.51. The van der Waals surface area contributed by atoms with Crippen LogP contribution in [0.15, 0.2) is 18.2 Å². The predicted molar refractivity (Wildman–Crippen MR) is 66.7 cm³/mol. The van der Waals surface area contributed by atoms with Gasteiger partial charge in [0.15, 0.2) is 0 Å². The minimum absolute atomic E-state index is 0.489. The summed E-state index contributed by atoms with van der Waals surface area (Å²) >= 11 is 0. The van der Waals surface area contributed by atoms with E-state index in [1.54, 1.807) is 6.07 Å². The van der Waals surface area contributed by atoms with Crippen molar-refractivity contribution in [3.05, 3.63) is 29.3 Å². The van der Waals surface area contributed by atoms with Gasteiger partial charge in [-0.3, -0.25) is 0 Å². The van der Waals surface area contributed by atoms with E-state index in [0.717, 1.165) is 43.1 Å². The average molecular weight is 231 g/mol. The quantitative estimate of drug-likeness (QED) is 0.869. The molecule has 90 valence electrons. The Morgan fingerprint density at radius 2 is 2.24 bits per heavy atom. The van der Waals surface area contributed by atoms with E-state index < -0.39 is 5.97 Å².